The van der Waals surface area contributed by atoms with Crippen LogP contribution < -0.4 is 10.1 Å². The van der Waals surface area contributed by atoms with E-state index < -0.39 is 0 Å². The van der Waals surface area contributed by atoms with Gasteiger partial charge in [-0.25, -0.2) is 4.68 Å². The number of nitrogens with zero attached hydrogens (tertiary/aromatic N) is 3. The molecule has 29 heavy (non-hydrogen) atoms. The largest absolute Gasteiger partial charge is 0.497 e. The number of rotatable bonds is 6. The number of carbonyl (C=O) groups excluding carboxylic acids is 1. The van der Waals surface area contributed by atoms with Crippen LogP contribution in [0.1, 0.15) is 16.1 Å². The Hall–Kier alpha value is -3.39. The zero-order valence-corrected chi connectivity index (χ0v) is 17.1. The SMILES string of the molecule is COc1ccc(Cn2nccc2NC(=O)c2cc(-c3ccc(Br)cc3)on2)cc1. The van der Waals surface area contributed by atoms with Crippen LogP contribution in [0.15, 0.2) is 75.9 Å². The minimum absolute atomic E-state index is 0.195. The maximum atomic E-state index is 12.6. The first-order chi connectivity index (χ1) is 14.1. The van der Waals surface area contributed by atoms with Gasteiger partial charge in [0.15, 0.2) is 11.5 Å². The molecule has 2 heterocycles. The van der Waals surface area contributed by atoms with E-state index in [1.54, 1.807) is 30.1 Å². The second-order valence-electron chi connectivity index (χ2n) is 6.26. The highest BCUT2D eigenvalue weighted by Crippen LogP contribution is 2.23. The van der Waals surface area contributed by atoms with Crippen molar-refractivity contribution in [3.8, 4) is 17.1 Å². The maximum absolute atomic E-state index is 12.6. The highest BCUT2D eigenvalue weighted by atomic mass is 79.9. The molecule has 4 aromatic rings. The predicted molar refractivity (Wildman–Crippen MR) is 112 cm³/mol. The summed E-state index contributed by atoms with van der Waals surface area (Å²) in [5.74, 6) is 1.51. The van der Waals surface area contributed by atoms with Crippen molar-refractivity contribution in [3.05, 3.63) is 82.6 Å². The van der Waals surface area contributed by atoms with Crippen LogP contribution in [-0.4, -0.2) is 28.0 Å². The van der Waals surface area contributed by atoms with Crippen molar-refractivity contribution in [2.24, 2.45) is 0 Å². The van der Waals surface area contributed by atoms with Crippen LogP contribution in [0, 0.1) is 0 Å². The maximum Gasteiger partial charge on any atom is 0.279 e. The fourth-order valence-corrected chi connectivity index (χ4v) is 3.05. The van der Waals surface area contributed by atoms with Gasteiger partial charge in [-0.3, -0.25) is 4.79 Å². The van der Waals surface area contributed by atoms with Crippen LogP contribution in [0.25, 0.3) is 11.3 Å². The van der Waals surface area contributed by atoms with Gasteiger partial charge in [-0.15, -0.1) is 0 Å². The van der Waals surface area contributed by atoms with E-state index in [0.717, 1.165) is 21.3 Å². The van der Waals surface area contributed by atoms with Crippen molar-refractivity contribution in [2.45, 2.75) is 6.54 Å². The Morgan fingerprint density at radius 2 is 1.90 bits per heavy atom. The summed E-state index contributed by atoms with van der Waals surface area (Å²) in [4.78, 5) is 12.6. The number of amides is 1. The molecule has 0 atom stereocenters. The summed E-state index contributed by atoms with van der Waals surface area (Å²) >= 11 is 3.39. The van der Waals surface area contributed by atoms with Crippen molar-refractivity contribution in [1.82, 2.24) is 14.9 Å². The lowest BCUT2D eigenvalue weighted by atomic mass is 10.1. The number of ether oxygens (including phenoxy) is 1. The highest BCUT2D eigenvalue weighted by molar-refractivity contribution is 9.10. The predicted octanol–water partition coefficient (Wildman–Crippen LogP) is 4.61. The molecule has 2 aromatic heterocycles. The fourth-order valence-electron chi connectivity index (χ4n) is 2.78. The normalized spacial score (nSPS) is 10.7. The number of nitrogens with one attached hydrogen (secondary N) is 1. The molecule has 146 valence electrons. The van der Waals surface area contributed by atoms with Gasteiger partial charge in [0.2, 0.25) is 0 Å². The molecule has 0 aliphatic carbocycles. The van der Waals surface area contributed by atoms with E-state index >= 15 is 0 Å². The molecule has 1 amide bonds. The molecular weight excluding hydrogens is 436 g/mol. The molecule has 8 heteroatoms. The lowest BCUT2D eigenvalue weighted by Gasteiger charge is -2.08. The van der Waals surface area contributed by atoms with Gasteiger partial charge in [-0.1, -0.05) is 45.4 Å². The van der Waals surface area contributed by atoms with E-state index in [-0.39, 0.29) is 11.6 Å². The Labute approximate surface area is 175 Å². The molecule has 1 N–H and O–H groups in total. The van der Waals surface area contributed by atoms with Gasteiger partial charge in [0.05, 0.1) is 19.9 Å². The standard InChI is InChI=1S/C21H17BrN4O3/c1-28-17-8-2-14(3-9-17)13-26-20(10-11-23-26)24-21(27)18-12-19(29-25-18)15-4-6-16(22)7-5-15/h2-12H,13H2,1H3,(H,24,27). The zero-order chi connectivity index (χ0) is 20.2. The summed E-state index contributed by atoms with van der Waals surface area (Å²) in [6, 6.07) is 18.6. The van der Waals surface area contributed by atoms with E-state index in [1.165, 1.54) is 0 Å². The molecule has 0 saturated carbocycles. The summed E-state index contributed by atoms with van der Waals surface area (Å²) in [5.41, 5.74) is 2.06. The van der Waals surface area contributed by atoms with Crippen LogP contribution in [0.2, 0.25) is 0 Å². The topological polar surface area (TPSA) is 82.2 Å². The van der Waals surface area contributed by atoms with E-state index in [9.17, 15) is 4.79 Å². The molecule has 0 aliphatic heterocycles. The van der Waals surface area contributed by atoms with Crippen LogP contribution in [0.3, 0.4) is 0 Å². The molecule has 0 fully saturated rings. The lowest BCUT2D eigenvalue weighted by molar-refractivity contribution is 0.101. The number of anilines is 1. The fraction of sp³-hybridized carbons (Fsp3) is 0.0952. The first-order valence-corrected chi connectivity index (χ1v) is 9.60. The molecule has 0 saturated heterocycles. The number of benzene rings is 2. The van der Waals surface area contributed by atoms with Gasteiger partial charge in [-0.05, 0) is 29.8 Å². The number of halogens is 1. The van der Waals surface area contributed by atoms with Crippen molar-refractivity contribution in [3.63, 3.8) is 0 Å². The third-order valence-electron chi connectivity index (χ3n) is 4.32. The quantitative estimate of drug-likeness (QED) is 0.461. The van der Waals surface area contributed by atoms with Crippen molar-refractivity contribution in [2.75, 3.05) is 12.4 Å². The Bertz CT molecular complexity index is 1120. The van der Waals surface area contributed by atoms with Crippen molar-refractivity contribution >= 4 is 27.7 Å². The van der Waals surface area contributed by atoms with E-state index in [0.29, 0.717) is 18.1 Å². The van der Waals surface area contributed by atoms with Crippen molar-refractivity contribution in [1.29, 1.82) is 0 Å². The third-order valence-corrected chi connectivity index (χ3v) is 4.85. The summed E-state index contributed by atoms with van der Waals surface area (Å²) in [5, 5.41) is 11.0. The molecule has 4 rings (SSSR count). The molecule has 0 unspecified atom stereocenters. The first-order valence-electron chi connectivity index (χ1n) is 8.81. The van der Waals surface area contributed by atoms with Gasteiger partial charge >= 0.3 is 0 Å². The molecule has 0 radical (unpaired) electrons. The molecule has 0 aliphatic rings. The lowest BCUT2D eigenvalue weighted by Crippen LogP contribution is -2.16. The summed E-state index contributed by atoms with van der Waals surface area (Å²) in [6.07, 6.45) is 1.63. The average molecular weight is 453 g/mol. The van der Waals surface area contributed by atoms with Gasteiger partial charge in [-0.2, -0.15) is 5.10 Å². The summed E-state index contributed by atoms with van der Waals surface area (Å²) < 4.78 is 13.2. The second-order valence-corrected chi connectivity index (χ2v) is 7.18. The van der Waals surface area contributed by atoms with Crippen LogP contribution in [-0.2, 0) is 6.54 Å². The minimum atomic E-state index is -0.367. The number of carbonyl (C=O) groups is 1. The zero-order valence-electron chi connectivity index (χ0n) is 15.5. The third kappa shape index (κ3) is 4.38. The molecule has 7 nitrogen and oxygen atoms in total. The average Bonchev–Trinajstić information content (AvgIpc) is 3.39. The Kier molecular flexibility index (Phi) is 5.44. The van der Waals surface area contributed by atoms with Crippen LogP contribution in [0.4, 0.5) is 5.82 Å². The number of aromatic nitrogens is 3. The summed E-state index contributed by atoms with van der Waals surface area (Å²) in [7, 11) is 1.63. The number of hydrogen-bond acceptors (Lipinski definition) is 5. The van der Waals surface area contributed by atoms with E-state index in [2.05, 4.69) is 31.5 Å². The van der Waals surface area contributed by atoms with Crippen molar-refractivity contribution < 1.29 is 14.1 Å². The van der Waals surface area contributed by atoms with Crippen LogP contribution >= 0.6 is 15.9 Å². The van der Waals surface area contributed by atoms with Gasteiger partial charge in [0, 0.05) is 22.2 Å². The second kappa shape index (κ2) is 8.32. The molecule has 0 spiro atoms. The van der Waals surface area contributed by atoms with Gasteiger partial charge < -0.3 is 14.6 Å². The Morgan fingerprint density at radius 3 is 2.62 bits per heavy atom. The minimum Gasteiger partial charge on any atom is -0.497 e. The van der Waals surface area contributed by atoms with Gasteiger partial charge in [0.25, 0.3) is 5.91 Å². The number of hydrogen-bond donors (Lipinski definition) is 1. The first kappa shape index (κ1) is 18.9. The van der Waals surface area contributed by atoms with E-state index in [4.69, 9.17) is 9.26 Å². The smallest absolute Gasteiger partial charge is 0.279 e. The van der Waals surface area contributed by atoms with E-state index in [1.807, 2.05) is 48.5 Å². The Balaban J connectivity index is 1.46. The van der Waals surface area contributed by atoms with Gasteiger partial charge in [0.1, 0.15) is 11.6 Å². The van der Waals surface area contributed by atoms with Crippen LogP contribution in [0.5, 0.6) is 5.75 Å². The Morgan fingerprint density at radius 1 is 1.14 bits per heavy atom. The molecule has 2 aromatic carbocycles. The highest BCUT2D eigenvalue weighted by Gasteiger charge is 2.16. The molecular formula is C21H17BrN4O3. The molecule has 0 bridgehead atoms. The number of methoxy groups -OCH3 is 1. The monoisotopic (exact) mass is 452 g/mol. The summed E-state index contributed by atoms with van der Waals surface area (Å²) in [6.45, 7) is 0.509.